The number of hydrogen-bond acceptors (Lipinski definition) is 4. The number of phenolic OH excluding ortho intramolecular Hbond substituents is 1. The number of hydrogen-bond donors (Lipinski definition) is 2. The summed E-state index contributed by atoms with van der Waals surface area (Å²) in [6, 6.07) is 4.86. The summed E-state index contributed by atoms with van der Waals surface area (Å²) in [6.45, 7) is 6.75. The van der Waals surface area contributed by atoms with E-state index >= 15 is 0 Å². The van der Waals surface area contributed by atoms with Gasteiger partial charge in [-0.1, -0.05) is 6.07 Å². The number of phenols is 1. The lowest BCUT2D eigenvalue weighted by atomic mass is 10.1. The van der Waals surface area contributed by atoms with Crippen LogP contribution in [0.3, 0.4) is 0 Å². The number of benzene rings is 1. The van der Waals surface area contributed by atoms with Gasteiger partial charge >= 0.3 is 0 Å². The molecule has 0 unspecified atom stereocenters. The van der Waals surface area contributed by atoms with E-state index in [9.17, 15) is 9.90 Å². The maximum atomic E-state index is 12.0. The minimum absolute atomic E-state index is 0.110. The normalized spacial score (nSPS) is 10.7. The fraction of sp³-hybridized carbons (Fsp3) is 0.500. The second-order valence-corrected chi connectivity index (χ2v) is 4.00. The molecule has 0 aliphatic carbocycles. The zero-order valence-electron chi connectivity index (χ0n) is 11.6. The molecule has 0 radical (unpaired) electrons. The summed E-state index contributed by atoms with van der Waals surface area (Å²) < 4.78 is 10.7. The number of rotatable bonds is 7. The summed E-state index contributed by atoms with van der Waals surface area (Å²) in [4.78, 5) is 12.0. The van der Waals surface area contributed by atoms with Gasteiger partial charge in [0.15, 0.2) is 6.29 Å². The van der Waals surface area contributed by atoms with Gasteiger partial charge in [-0.2, -0.15) is 0 Å². The van der Waals surface area contributed by atoms with Crippen LogP contribution in [0, 0.1) is 6.92 Å². The fourth-order valence-electron chi connectivity index (χ4n) is 1.68. The van der Waals surface area contributed by atoms with Gasteiger partial charge in [0.25, 0.3) is 5.91 Å². The van der Waals surface area contributed by atoms with Gasteiger partial charge in [0.2, 0.25) is 0 Å². The third kappa shape index (κ3) is 4.54. The maximum Gasteiger partial charge on any atom is 0.251 e. The third-order valence-electron chi connectivity index (χ3n) is 2.68. The van der Waals surface area contributed by atoms with Crippen LogP contribution in [-0.2, 0) is 9.47 Å². The molecule has 19 heavy (non-hydrogen) atoms. The Morgan fingerprint density at radius 2 is 1.95 bits per heavy atom. The van der Waals surface area contributed by atoms with E-state index in [-0.39, 0.29) is 18.2 Å². The van der Waals surface area contributed by atoms with Gasteiger partial charge < -0.3 is 19.9 Å². The van der Waals surface area contributed by atoms with Crippen molar-refractivity contribution in [2.24, 2.45) is 0 Å². The highest BCUT2D eigenvalue weighted by Gasteiger charge is 2.14. The molecule has 0 heterocycles. The molecule has 0 aliphatic heterocycles. The molecule has 0 fully saturated rings. The minimum Gasteiger partial charge on any atom is -0.508 e. The molecule has 1 amide bonds. The Morgan fingerprint density at radius 3 is 2.53 bits per heavy atom. The minimum atomic E-state index is -0.448. The number of amides is 1. The molecule has 106 valence electrons. The molecule has 1 rings (SSSR count). The van der Waals surface area contributed by atoms with Gasteiger partial charge in [0.05, 0.1) is 6.54 Å². The van der Waals surface area contributed by atoms with Crippen molar-refractivity contribution >= 4 is 5.91 Å². The molecule has 2 N–H and O–H groups in total. The Hall–Kier alpha value is -1.59. The molecule has 0 spiro atoms. The van der Waals surface area contributed by atoms with Gasteiger partial charge in [0, 0.05) is 24.3 Å². The van der Waals surface area contributed by atoms with Crippen LogP contribution >= 0.6 is 0 Å². The molecule has 0 bridgehead atoms. The predicted octanol–water partition coefficient (Wildman–Crippen LogP) is 1.83. The van der Waals surface area contributed by atoms with Crippen molar-refractivity contribution in [3.8, 4) is 5.75 Å². The SMILES string of the molecule is CCOC(CNC(=O)c1cccc(O)c1C)OCC. The van der Waals surface area contributed by atoms with Crippen molar-refractivity contribution in [3.63, 3.8) is 0 Å². The first kappa shape index (κ1) is 15.5. The van der Waals surface area contributed by atoms with Crippen LogP contribution in [0.15, 0.2) is 18.2 Å². The first-order valence-electron chi connectivity index (χ1n) is 6.40. The molecular formula is C14H21NO4. The topological polar surface area (TPSA) is 67.8 Å². The molecule has 1 aromatic carbocycles. The van der Waals surface area contributed by atoms with Gasteiger partial charge in [0.1, 0.15) is 5.75 Å². The van der Waals surface area contributed by atoms with E-state index < -0.39 is 6.29 Å². The lowest BCUT2D eigenvalue weighted by molar-refractivity contribution is -0.131. The second-order valence-electron chi connectivity index (χ2n) is 4.00. The summed E-state index contributed by atoms with van der Waals surface area (Å²) in [5.74, 6) is -0.142. The number of aromatic hydroxyl groups is 1. The van der Waals surface area contributed by atoms with E-state index in [0.717, 1.165) is 0 Å². The Balaban J connectivity index is 2.61. The smallest absolute Gasteiger partial charge is 0.251 e. The van der Waals surface area contributed by atoms with E-state index in [2.05, 4.69) is 5.32 Å². The number of ether oxygens (including phenoxy) is 2. The van der Waals surface area contributed by atoms with Crippen LogP contribution < -0.4 is 5.32 Å². The van der Waals surface area contributed by atoms with Crippen LogP contribution in [0.5, 0.6) is 5.75 Å². The molecule has 5 nitrogen and oxygen atoms in total. The maximum absolute atomic E-state index is 12.0. The van der Waals surface area contributed by atoms with Gasteiger partial charge in [-0.3, -0.25) is 4.79 Å². The van der Waals surface area contributed by atoms with E-state index in [1.165, 1.54) is 0 Å². The van der Waals surface area contributed by atoms with Crippen molar-refractivity contribution < 1.29 is 19.4 Å². The second kappa shape index (κ2) is 7.76. The first-order valence-corrected chi connectivity index (χ1v) is 6.40. The highest BCUT2D eigenvalue weighted by molar-refractivity contribution is 5.96. The average molecular weight is 267 g/mol. The van der Waals surface area contributed by atoms with Crippen LogP contribution in [0.1, 0.15) is 29.8 Å². The Kier molecular flexibility index (Phi) is 6.32. The third-order valence-corrected chi connectivity index (χ3v) is 2.68. The molecule has 0 aromatic heterocycles. The number of carbonyl (C=O) groups excluding carboxylic acids is 1. The summed E-state index contributed by atoms with van der Waals surface area (Å²) in [6.07, 6.45) is -0.448. The highest BCUT2D eigenvalue weighted by Crippen LogP contribution is 2.19. The Morgan fingerprint density at radius 1 is 1.32 bits per heavy atom. The molecule has 0 saturated heterocycles. The highest BCUT2D eigenvalue weighted by atomic mass is 16.7. The van der Waals surface area contributed by atoms with Crippen LogP contribution in [0.4, 0.5) is 0 Å². The largest absolute Gasteiger partial charge is 0.508 e. The molecule has 5 heteroatoms. The van der Waals surface area contributed by atoms with Crippen molar-refractivity contribution in [2.75, 3.05) is 19.8 Å². The van der Waals surface area contributed by atoms with Crippen molar-refractivity contribution in [1.29, 1.82) is 0 Å². The standard InChI is InChI=1S/C14H21NO4/c1-4-18-13(19-5-2)9-15-14(17)11-7-6-8-12(16)10(11)3/h6-8,13,16H,4-5,9H2,1-3H3,(H,15,17). The zero-order valence-corrected chi connectivity index (χ0v) is 11.6. The molecule has 0 aliphatic rings. The van der Waals surface area contributed by atoms with E-state index in [4.69, 9.17) is 9.47 Å². The fourth-order valence-corrected chi connectivity index (χ4v) is 1.68. The van der Waals surface area contributed by atoms with Crippen molar-refractivity contribution in [3.05, 3.63) is 29.3 Å². The summed E-state index contributed by atoms with van der Waals surface area (Å²) in [5.41, 5.74) is 1.01. The molecule has 0 saturated carbocycles. The number of carbonyl (C=O) groups is 1. The van der Waals surface area contributed by atoms with Crippen LogP contribution in [0.25, 0.3) is 0 Å². The Labute approximate surface area is 113 Å². The molecule has 0 atom stereocenters. The van der Waals surface area contributed by atoms with E-state index in [0.29, 0.717) is 24.3 Å². The summed E-state index contributed by atoms with van der Waals surface area (Å²) >= 11 is 0. The zero-order chi connectivity index (χ0) is 14.3. The van der Waals surface area contributed by atoms with Crippen molar-refractivity contribution in [2.45, 2.75) is 27.1 Å². The van der Waals surface area contributed by atoms with Crippen LogP contribution in [-0.4, -0.2) is 37.1 Å². The van der Waals surface area contributed by atoms with Crippen LogP contribution in [0.2, 0.25) is 0 Å². The predicted molar refractivity (Wildman–Crippen MR) is 72.2 cm³/mol. The average Bonchev–Trinajstić information content (AvgIpc) is 2.39. The summed E-state index contributed by atoms with van der Waals surface area (Å²) in [5, 5.41) is 12.3. The monoisotopic (exact) mass is 267 g/mol. The molecule has 1 aromatic rings. The van der Waals surface area contributed by atoms with Crippen molar-refractivity contribution in [1.82, 2.24) is 5.32 Å². The lowest BCUT2D eigenvalue weighted by Gasteiger charge is -2.17. The van der Waals surface area contributed by atoms with Gasteiger partial charge in [-0.15, -0.1) is 0 Å². The number of nitrogens with one attached hydrogen (secondary N) is 1. The van der Waals surface area contributed by atoms with E-state index in [1.807, 2.05) is 13.8 Å². The van der Waals surface area contributed by atoms with Gasteiger partial charge in [-0.25, -0.2) is 0 Å². The quantitative estimate of drug-likeness (QED) is 0.740. The lowest BCUT2D eigenvalue weighted by Crippen LogP contribution is -2.35. The Bertz CT molecular complexity index is 414. The van der Waals surface area contributed by atoms with Gasteiger partial charge in [-0.05, 0) is 32.9 Å². The summed E-state index contributed by atoms with van der Waals surface area (Å²) in [7, 11) is 0. The van der Waals surface area contributed by atoms with E-state index in [1.54, 1.807) is 25.1 Å². The first-order chi connectivity index (χ1) is 9.10. The molecular weight excluding hydrogens is 246 g/mol.